The van der Waals surface area contributed by atoms with Gasteiger partial charge in [-0.05, 0) is 24.0 Å². The summed E-state index contributed by atoms with van der Waals surface area (Å²) in [5.74, 6) is 0.360. The number of hydrogen-bond acceptors (Lipinski definition) is 2. The molecule has 5 nitrogen and oxygen atoms in total. The van der Waals surface area contributed by atoms with Gasteiger partial charge in [0.15, 0.2) is 0 Å². The Morgan fingerprint density at radius 2 is 2.14 bits per heavy atom. The minimum Gasteiger partial charge on any atom is -0.323 e. The van der Waals surface area contributed by atoms with Crippen LogP contribution in [0.25, 0.3) is 0 Å². The molecular weight excluding hydrogens is 276 g/mol. The van der Waals surface area contributed by atoms with E-state index in [0.717, 1.165) is 22.4 Å². The van der Waals surface area contributed by atoms with E-state index >= 15 is 0 Å². The maximum absolute atomic E-state index is 12.4. The van der Waals surface area contributed by atoms with Gasteiger partial charge in [-0.25, -0.2) is 4.79 Å². The first kappa shape index (κ1) is 16.1. The van der Waals surface area contributed by atoms with Gasteiger partial charge in [-0.3, -0.25) is 4.68 Å². The minimum atomic E-state index is -0.111. The molecule has 1 aromatic heterocycles. The Bertz CT molecular complexity index is 660. The average Bonchev–Trinajstić information content (AvgIpc) is 2.85. The molecular formula is C17H24N4O. The second-order valence-electron chi connectivity index (χ2n) is 6.00. The Labute approximate surface area is 131 Å². The van der Waals surface area contributed by atoms with Gasteiger partial charge in [0.2, 0.25) is 0 Å². The molecule has 1 N–H and O–H groups in total. The van der Waals surface area contributed by atoms with E-state index in [9.17, 15) is 4.79 Å². The molecule has 0 aliphatic heterocycles. The Morgan fingerprint density at radius 3 is 2.73 bits per heavy atom. The normalized spacial score (nSPS) is 10.8. The number of nitrogens with zero attached hydrogens (tertiary/aromatic N) is 3. The van der Waals surface area contributed by atoms with Crippen LogP contribution in [-0.4, -0.2) is 27.8 Å². The maximum Gasteiger partial charge on any atom is 0.321 e. The summed E-state index contributed by atoms with van der Waals surface area (Å²) < 4.78 is 1.74. The first-order chi connectivity index (χ1) is 10.4. The number of carbonyl (C=O) groups is 1. The van der Waals surface area contributed by atoms with Crippen LogP contribution in [-0.2, 0) is 13.6 Å². The predicted octanol–water partition coefficient (Wildman–Crippen LogP) is 3.52. The summed E-state index contributed by atoms with van der Waals surface area (Å²) in [5.41, 5.74) is 4.16. The summed E-state index contributed by atoms with van der Waals surface area (Å²) >= 11 is 0. The van der Waals surface area contributed by atoms with Gasteiger partial charge < -0.3 is 10.2 Å². The first-order valence-corrected chi connectivity index (χ1v) is 7.47. The number of aromatic nitrogens is 2. The molecule has 5 heteroatoms. The third kappa shape index (κ3) is 3.67. The molecule has 1 aromatic carbocycles. The third-order valence-electron chi connectivity index (χ3n) is 3.68. The van der Waals surface area contributed by atoms with Crippen LogP contribution in [0.2, 0.25) is 0 Å². The molecule has 22 heavy (non-hydrogen) atoms. The summed E-state index contributed by atoms with van der Waals surface area (Å²) in [4.78, 5) is 14.1. The molecule has 0 atom stereocenters. The largest absolute Gasteiger partial charge is 0.323 e. The molecule has 1 heterocycles. The van der Waals surface area contributed by atoms with E-state index in [0.29, 0.717) is 12.5 Å². The summed E-state index contributed by atoms with van der Waals surface area (Å²) in [6.45, 7) is 6.80. The van der Waals surface area contributed by atoms with Crippen molar-refractivity contribution >= 4 is 11.7 Å². The van der Waals surface area contributed by atoms with Gasteiger partial charge in [0.25, 0.3) is 0 Å². The molecule has 0 radical (unpaired) electrons. The van der Waals surface area contributed by atoms with Crippen molar-refractivity contribution in [2.24, 2.45) is 7.05 Å². The van der Waals surface area contributed by atoms with E-state index in [1.807, 2.05) is 32.3 Å². The second kappa shape index (κ2) is 6.64. The summed E-state index contributed by atoms with van der Waals surface area (Å²) in [7, 11) is 3.65. The number of anilines is 1. The molecule has 2 amide bonds. The smallest absolute Gasteiger partial charge is 0.321 e. The van der Waals surface area contributed by atoms with Crippen LogP contribution in [0.5, 0.6) is 0 Å². The molecule has 118 valence electrons. The fraction of sp³-hybridized carbons (Fsp3) is 0.412. The van der Waals surface area contributed by atoms with E-state index in [4.69, 9.17) is 0 Å². The highest BCUT2D eigenvalue weighted by Gasteiger charge is 2.15. The molecule has 0 aliphatic carbocycles. The van der Waals surface area contributed by atoms with E-state index in [1.165, 1.54) is 0 Å². The zero-order valence-corrected chi connectivity index (χ0v) is 13.9. The number of para-hydroxylation sites is 1. The van der Waals surface area contributed by atoms with Crippen molar-refractivity contribution in [3.05, 3.63) is 47.3 Å². The molecule has 0 saturated carbocycles. The highest BCUT2D eigenvalue weighted by molar-refractivity contribution is 5.91. The third-order valence-corrected chi connectivity index (χ3v) is 3.68. The van der Waals surface area contributed by atoms with Crippen molar-refractivity contribution in [3.63, 3.8) is 0 Å². The predicted molar refractivity (Wildman–Crippen MR) is 89.0 cm³/mol. The Hall–Kier alpha value is -2.30. The number of amides is 2. The van der Waals surface area contributed by atoms with E-state index < -0.39 is 0 Å². The molecule has 0 saturated heterocycles. The standard InChI is InChI=1S/C17H24N4O/c1-12(2)15-8-6-7-13(3)16(15)19-17(22)20(4)10-14-9-18-21(5)11-14/h6-9,11-12H,10H2,1-5H3,(H,19,22). The van der Waals surface area contributed by atoms with Crippen molar-refractivity contribution in [3.8, 4) is 0 Å². The number of urea groups is 1. The van der Waals surface area contributed by atoms with Gasteiger partial charge in [0.1, 0.15) is 0 Å². The van der Waals surface area contributed by atoms with Crippen molar-refractivity contribution < 1.29 is 4.79 Å². The van der Waals surface area contributed by atoms with Crippen LogP contribution < -0.4 is 5.32 Å². The van der Waals surface area contributed by atoms with Crippen molar-refractivity contribution in [2.75, 3.05) is 12.4 Å². The van der Waals surface area contributed by atoms with Crippen molar-refractivity contribution in [1.82, 2.24) is 14.7 Å². The zero-order chi connectivity index (χ0) is 16.3. The van der Waals surface area contributed by atoms with Gasteiger partial charge in [-0.2, -0.15) is 5.10 Å². The molecule has 2 rings (SSSR count). The van der Waals surface area contributed by atoms with E-state index in [1.54, 1.807) is 22.8 Å². The lowest BCUT2D eigenvalue weighted by atomic mass is 9.98. The quantitative estimate of drug-likeness (QED) is 0.939. The van der Waals surface area contributed by atoms with Crippen molar-refractivity contribution in [2.45, 2.75) is 33.2 Å². The minimum absolute atomic E-state index is 0.111. The molecule has 0 unspecified atom stereocenters. The topological polar surface area (TPSA) is 50.2 Å². The van der Waals surface area contributed by atoms with Crippen molar-refractivity contribution in [1.29, 1.82) is 0 Å². The lowest BCUT2D eigenvalue weighted by molar-refractivity contribution is 0.220. The average molecular weight is 300 g/mol. The summed E-state index contributed by atoms with van der Waals surface area (Å²) in [6.07, 6.45) is 3.69. The molecule has 0 fully saturated rings. The summed E-state index contributed by atoms with van der Waals surface area (Å²) in [6, 6.07) is 6.00. The first-order valence-electron chi connectivity index (χ1n) is 7.47. The van der Waals surface area contributed by atoms with Crippen LogP contribution in [0.15, 0.2) is 30.6 Å². The van der Waals surface area contributed by atoms with Gasteiger partial charge in [0, 0.05) is 31.5 Å². The second-order valence-corrected chi connectivity index (χ2v) is 6.00. The number of rotatable bonds is 4. The monoisotopic (exact) mass is 300 g/mol. The Kier molecular flexibility index (Phi) is 4.85. The van der Waals surface area contributed by atoms with E-state index in [2.05, 4.69) is 30.3 Å². The number of carbonyl (C=O) groups excluding carboxylic acids is 1. The van der Waals surface area contributed by atoms with E-state index in [-0.39, 0.29) is 6.03 Å². The SMILES string of the molecule is Cc1cccc(C(C)C)c1NC(=O)N(C)Cc1cnn(C)c1. The zero-order valence-electron chi connectivity index (χ0n) is 13.9. The maximum atomic E-state index is 12.4. The van der Waals surface area contributed by atoms with Crippen LogP contribution in [0.4, 0.5) is 10.5 Å². The number of nitrogens with one attached hydrogen (secondary N) is 1. The molecule has 0 spiro atoms. The fourth-order valence-corrected chi connectivity index (χ4v) is 2.44. The highest BCUT2D eigenvalue weighted by atomic mass is 16.2. The fourth-order valence-electron chi connectivity index (χ4n) is 2.44. The highest BCUT2D eigenvalue weighted by Crippen LogP contribution is 2.27. The molecule has 0 bridgehead atoms. The molecule has 2 aromatic rings. The van der Waals surface area contributed by atoms with Crippen LogP contribution in [0, 0.1) is 6.92 Å². The number of hydrogen-bond donors (Lipinski definition) is 1. The Balaban J connectivity index is 2.11. The van der Waals surface area contributed by atoms with Crippen LogP contribution in [0.3, 0.4) is 0 Å². The molecule has 0 aliphatic rings. The van der Waals surface area contributed by atoms with Gasteiger partial charge in [-0.1, -0.05) is 32.0 Å². The van der Waals surface area contributed by atoms with Gasteiger partial charge in [0.05, 0.1) is 12.7 Å². The number of benzene rings is 1. The lowest BCUT2D eigenvalue weighted by Gasteiger charge is -2.21. The Morgan fingerprint density at radius 1 is 1.41 bits per heavy atom. The lowest BCUT2D eigenvalue weighted by Crippen LogP contribution is -2.31. The number of aryl methyl sites for hydroxylation is 2. The van der Waals surface area contributed by atoms with Crippen LogP contribution >= 0.6 is 0 Å². The van der Waals surface area contributed by atoms with Gasteiger partial charge >= 0.3 is 6.03 Å². The van der Waals surface area contributed by atoms with Crippen LogP contribution in [0.1, 0.15) is 36.5 Å². The van der Waals surface area contributed by atoms with Gasteiger partial charge in [-0.15, -0.1) is 0 Å². The summed E-state index contributed by atoms with van der Waals surface area (Å²) in [5, 5.41) is 7.17.